The summed E-state index contributed by atoms with van der Waals surface area (Å²) >= 11 is 0. The van der Waals surface area contributed by atoms with Crippen molar-refractivity contribution >= 4 is 0 Å². The number of rotatable bonds is 2. The molecule has 0 spiro atoms. The van der Waals surface area contributed by atoms with Crippen LogP contribution >= 0.6 is 0 Å². The molecule has 0 saturated carbocycles. The molecule has 0 aliphatic rings. The van der Waals surface area contributed by atoms with Crippen LogP contribution in [0.25, 0.3) is 0 Å². The van der Waals surface area contributed by atoms with Gasteiger partial charge < -0.3 is 0 Å². The van der Waals surface area contributed by atoms with E-state index in [4.69, 9.17) is 0 Å². The van der Waals surface area contributed by atoms with Crippen molar-refractivity contribution in [2.45, 2.75) is 6.54 Å². The third kappa shape index (κ3) is 2.13. The largest absolute Gasteiger partial charge is 0.286 e. The van der Waals surface area contributed by atoms with Gasteiger partial charge in [0.05, 0.1) is 6.20 Å². The Balaban J connectivity index is 2.16. The molecule has 1 aromatic heterocycles. The zero-order valence-corrected chi connectivity index (χ0v) is 7.60. The number of benzene rings is 1. The van der Waals surface area contributed by atoms with E-state index >= 15 is 0 Å². The summed E-state index contributed by atoms with van der Waals surface area (Å²) in [6.07, 6.45) is 5.39. The molecule has 0 atom stereocenters. The van der Waals surface area contributed by atoms with Crippen molar-refractivity contribution in [1.82, 2.24) is 4.98 Å². The highest BCUT2D eigenvalue weighted by Gasteiger charge is 1.98. The van der Waals surface area contributed by atoms with Crippen LogP contribution in [0.3, 0.4) is 0 Å². The average Bonchev–Trinajstić information content (AvgIpc) is 2.23. The fourth-order valence-electron chi connectivity index (χ4n) is 1.26. The van der Waals surface area contributed by atoms with Crippen LogP contribution in [0.4, 0.5) is 4.39 Å². The zero-order chi connectivity index (χ0) is 9.80. The van der Waals surface area contributed by atoms with E-state index in [1.165, 1.54) is 12.1 Å². The normalized spacial score (nSPS) is 10.1. The highest BCUT2D eigenvalue weighted by atomic mass is 19.1. The third-order valence-corrected chi connectivity index (χ3v) is 1.94. The van der Waals surface area contributed by atoms with Crippen LogP contribution in [0.2, 0.25) is 0 Å². The van der Waals surface area contributed by atoms with E-state index in [-0.39, 0.29) is 5.82 Å². The van der Waals surface area contributed by atoms with Gasteiger partial charge in [-0.05, 0) is 17.7 Å². The SMILES string of the molecule is Fc1ccc(C[n+]2cccnc2)cc1. The minimum absolute atomic E-state index is 0.204. The van der Waals surface area contributed by atoms with E-state index in [9.17, 15) is 4.39 Å². The molecule has 2 nitrogen and oxygen atoms in total. The van der Waals surface area contributed by atoms with Crippen LogP contribution in [0, 0.1) is 5.82 Å². The first-order chi connectivity index (χ1) is 6.84. The van der Waals surface area contributed by atoms with Gasteiger partial charge >= 0.3 is 0 Å². The highest BCUT2D eigenvalue weighted by molar-refractivity contribution is 5.14. The van der Waals surface area contributed by atoms with Crippen molar-refractivity contribution < 1.29 is 8.96 Å². The molecule has 2 rings (SSSR count). The molecule has 0 saturated heterocycles. The Morgan fingerprint density at radius 1 is 1.21 bits per heavy atom. The lowest BCUT2D eigenvalue weighted by atomic mass is 10.2. The average molecular weight is 189 g/mol. The second-order valence-corrected chi connectivity index (χ2v) is 3.05. The van der Waals surface area contributed by atoms with Gasteiger partial charge in [-0.25, -0.2) is 8.96 Å². The molecule has 0 radical (unpaired) electrons. The molecule has 2 aromatic rings. The van der Waals surface area contributed by atoms with Gasteiger partial charge in [-0.3, -0.25) is 0 Å². The van der Waals surface area contributed by atoms with Crippen LogP contribution < -0.4 is 4.57 Å². The van der Waals surface area contributed by atoms with Gasteiger partial charge in [0.2, 0.25) is 0 Å². The standard InChI is InChI=1S/C11H10FN2/c12-11-4-2-10(3-5-11)8-14-7-1-6-13-9-14/h1-7,9H,8H2/q+1. The summed E-state index contributed by atoms with van der Waals surface area (Å²) < 4.78 is 14.5. The quantitative estimate of drug-likeness (QED) is 0.655. The van der Waals surface area contributed by atoms with Crippen molar-refractivity contribution in [2.24, 2.45) is 0 Å². The predicted molar refractivity (Wildman–Crippen MR) is 49.9 cm³/mol. The Kier molecular flexibility index (Phi) is 2.49. The molecular formula is C11H10FN2+. The maximum atomic E-state index is 12.6. The number of aromatic nitrogens is 2. The lowest BCUT2D eigenvalue weighted by Gasteiger charge is -1.98. The van der Waals surface area contributed by atoms with E-state index in [1.807, 2.05) is 16.8 Å². The first kappa shape index (κ1) is 8.81. The van der Waals surface area contributed by atoms with Crippen LogP contribution in [-0.4, -0.2) is 4.98 Å². The van der Waals surface area contributed by atoms with Gasteiger partial charge in [-0.15, -0.1) is 0 Å². The lowest BCUT2D eigenvalue weighted by Crippen LogP contribution is -2.33. The highest BCUT2D eigenvalue weighted by Crippen LogP contribution is 2.01. The first-order valence-electron chi connectivity index (χ1n) is 4.38. The fourth-order valence-corrected chi connectivity index (χ4v) is 1.26. The van der Waals surface area contributed by atoms with Crippen LogP contribution in [0.15, 0.2) is 49.1 Å². The van der Waals surface area contributed by atoms with E-state index in [1.54, 1.807) is 24.7 Å². The van der Waals surface area contributed by atoms with Crippen LogP contribution in [0.1, 0.15) is 5.56 Å². The smallest absolute Gasteiger partial charge is 0.233 e. The number of nitrogens with zero attached hydrogens (tertiary/aromatic N) is 2. The molecule has 3 heteroatoms. The molecule has 0 unspecified atom stereocenters. The summed E-state index contributed by atoms with van der Waals surface area (Å²) in [6.45, 7) is 0.716. The number of hydrogen-bond donors (Lipinski definition) is 0. The van der Waals surface area contributed by atoms with Crippen molar-refractivity contribution in [3.05, 3.63) is 60.4 Å². The molecule has 0 amide bonds. The Hall–Kier alpha value is -1.77. The van der Waals surface area contributed by atoms with Crippen molar-refractivity contribution in [3.63, 3.8) is 0 Å². The van der Waals surface area contributed by atoms with Crippen molar-refractivity contribution in [1.29, 1.82) is 0 Å². The molecule has 0 bridgehead atoms. The number of halogens is 1. The Bertz CT molecular complexity index is 397. The van der Waals surface area contributed by atoms with E-state index < -0.39 is 0 Å². The second kappa shape index (κ2) is 3.96. The second-order valence-electron chi connectivity index (χ2n) is 3.05. The fraction of sp³-hybridized carbons (Fsp3) is 0.0909. The van der Waals surface area contributed by atoms with Gasteiger partial charge in [0.15, 0.2) is 0 Å². The summed E-state index contributed by atoms with van der Waals surface area (Å²) in [5.41, 5.74) is 1.06. The van der Waals surface area contributed by atoms with Gasteiger partial charge in [-0.2, -0.15) is 0 Å². The Morgan fingerprint density at radius 2 is 2.00 bits per heavy atom. The monoisotopic (exact) mass is 189 g/mol. The summed E-state index contributed by atoms with van der Waals surface area (Å²) in [7, 11) is 0. The van der Waals surface area contributed by atoms with Gasteiger partial charge in [0.1, 0.15) is 18.6 Å². The lowest BCUT2D eigenvalue weighted by molar-refractivity contribution is -0.691. The molecular weight excluding hydrogens is 179 g/mol. The first-order valence-corrected chi connectivity index (χ1v) is 4.38. The maximum Gasteiger partial charge on any atom is 0.286 e. The molecule has 0 aliphatic heterocycles. The zero-order valence-electron chi connectivity index (χ0n) is 7.60. The van der Waals surface area contributed by atoms with Crippen LogP contribution in [0.5, 0.6) is 0 Å². The molecule has 0 aliphatic carbocycles. The summed E-state index contributed by atoms with van der Waals surface area (Å²) in [5.74, 6) is -0.204. The van der Waals surface area contributed by atoms with E-state index in [2.05, 4.69) is 4.98 Å². The van der Waals surface area contributed by atoms with E-state index in [0.29, 0.717) is 6.54 Å². The van der Waals surface area contributed by atoms with Crippen LogP contribution in [-0.2, 0) is 6.54 Å². The topological polar surface area (TPSA) is 16.8 Å². The minimum Gasteiger partial charge on any atom is -0.233 e. The molecule has 1 aromatic carbocycles. The molecule has 0 N–H and O–H groups in total. The molecule has 1 heterocycles. The van der Waals surface area contributed by atoms with Crippen molar-refractivity contribution in [3.8, 4) is 0 Å². The maximum absolute atomic E-state index is 12.6. The van der Waals surface area contributed by atoms with Crippen molar-refractivity contribution in [2.75, 3.05) is 0 Å². The summed E-state index contributed by atoms with van der Waals surface area (Å²) in [5, 5.41) is 0. The summed E-state index contributed by atoms with van der Waals surface area (Å²) in [4.78, 5) is 3.99. The van der Waals surface area contributed by atoms with Gasteiger partial charge in [0.25, 0.3) is 6.33 Å². The molecule has 70 valence electrons. The molecule has 0 fully saturated rings. The minimum atomic E-state index is -0.204. The predicted octanol–water partition coefficient (Wildman–Crippen LogP) is 1.56. The Labute approximate surface area is 81.7 Å². The Morgan fingerprint density at radius 3 is 2.64 bits per heavy atom. The third-order valence-electron chi connectivity index (χ3n) is 1.94. The number of hydrogen-bond acceptors (Lipinski definition) is 1. The van der Waals surface area contributed by atoms with Gasteiger partial charge in [0, 0.05) is 6.07 Å². The molecule has 14 heavy (non-hydrogen) atoms. The van der Waals surface area contributed by atoms with Gasteiger partial charge in [-0.1, -0.05) is 17.1 Å². The summed E-state index contributed by atoms with van der Waals surface area (Å²) in [6, 6.07) is 8.34. The van der Waals surface area contributed by atoms with E-state index in [0.717, 1.165) is 5.56 Å².